The molecule has 0 atom stereocenters. The first kappa shape index (κ1) is 18.3. The van der Waals surface area contributed by atoms with E-state index < -0.39 is 10.4 Å². The number of fused-ring (bicyclic) bond motifs is 2. The number of nitrogens with one attached hydrogen (secondary N) is 1. The molecule has 0 spiro atoms. The Hall–Kier alpha value is -3.02. The molecule has 2 N–H and O–H groups in total. The molecule has 0 saturated heterocycles. The Morgan fingerprint density at radius 1 is 0.920 bits per heavy atom. The zero-order valence-corrected chi connectivity index (χ0v) is 13.8. The van der Waals surface area contributed by atoms with Gasteiger partial charge in [-0.1, -0.05) is 24.3 Å². The quantitative estimate of drug-likeness (QED) is 0.379. The smallest absolute Gasteiger partial charge is 0.264 e. The molecule has 10 nitrogen and oxygen atoms in total. The summed E-state index contributed by atoms with van der Waals surface area (Å²) in [5, 5.41) is 12.1. The van der Waals surface area contributed by atoms with Crippen LogP contribution in [-0.4, -0.2) is 50.7 Å². The summed E-state index contributed by atoms with van der Waals surface area (Å²) in [6, 6.07) is 15.8. The maximum absolute atomic E-state index is 9.33. The van der Waals surface area contributed by atoms with Gasteiger partial charge in [-0.3, -0.25) is 8.74 Å². The van der Waals surface area contributed by atoms with Crippen LogP contribution in [0.1, 0.15) is 0 Å². The molecule has 0 bridgehead atoms. The van der Waals surface area contributed by atoms with Crippen molar-refractivity contribution in [3.63, 3.8) is 0 Å². The van der Waals surface area contributed by atoms with Crippen molar-refractivity contribution in [1.82, 2.24) is 30.6 Å². The summed E-state index contributed by atoms with van der Waals surface area (Å²) in [5.74, 6) is 0. The van der Waals surface area contributed by atoms with Crippen LogP contribution in [-0.2, 0) is 14.6 Å². The third kappa shape index (κ3) is 6.18. The molecule has 0 amide bonds. The van der Waals surface area contributed by atoms with Gasteiger partial charge < -0.3 is 0 Å². The summed E-state index contributed by atoms with van der Waals surface area (Å²) in [6.07, 6.45) is 1.40. The normalized spacial score (nSPS) is 10.5. The van der Waals surface area contributed by atoms with Gasteiger partial charge in [0, 0.05) is 0 Å². The zero-order chi connectivity index (χ0) is 18.1. The molecule has 11 heteroatoms. The van der Waals surface area contributed by atoms with Crippen LogP contribution in [0.5, 0.6) is 0 Å². The molecule has 0 radical (unpaired) electrons. The molecular formula is C14H14N6O4S. The Kier molecular flexibility index (Phi) is 6.39. The molecule has 0 aliphatic rings. The van der Waals surface area contributed by atoms with Crippen molar-refractivity contribution >= 4 is 32.5 Å². The van der Waals surface area contributed by atoms with Crippen molar-refractivity contribution in [2.75, 3.05) is 7.11 Å². The number of para-hydroxylation sites is 4. The minimum Gasteiger partial charge on any atom is -0.264 e. The van der Waals surface area contributed by atoms with Crippen LogP contribution in [0.3, 0.4) is 0 Å². The summed E-state index contributed by atoms with van der Waals surface area (Å²) in [5.41, 5.74) is 3.80. The second kappa shape index (κ2) is 8.73. The third-order valence-electron chi connectivity index (χ3n) is 2.73. The van der Waals surface area contributed by atoms with Crippen molar-refractivity contribution in [3.8, 4) is 0 Å². The van der Waals surface area contributed by atoms with E-state index in [2.05, 4.69) is 34.8 Å². The van der Waals surface area contributed by atoms with Crippen molar-refractivity contribution in [1.29, 1.82) is 0 Å². The molecule has 4 aromatic rings. The van der Waals surface area contributed by atoms with Crippen LogP contribution in [0.15, 0.2) is 54.9 Å². The summed E-state index contributed by atoms with van der Waals surface area (Å²) in [4.78, 5) is 9.03. The van der Waals surface area contributed by atoms with Crippen LogP contribution in [0.4, 0.5) is 0 Å². The number of H-pyrrole nitrogens is 1. The number of hydrogen-bond acceptors (Lipinski definition) is 8. The Balaban J connectivity index is 0.000000171. The van der Waals surface area contributed by atoms with Gasteiger partial charge in [0.1, 0.15) is 6.33 Å². The lowest BCUT2D eigenvalue weighted by atomic mass is 10.2. The molecule has 130 valence electrons. The predicted octanol–water partition coefficient (Wildman–Crippen LogP) is 1.42. The highest BCUT2D eigenvalue weighted by molar-refractivity contribution is 7.80. The lowest BCUT2D eigenvalue weighted by Gasteiger charge is -1.98. The Labute approximate surface area is 142 Å². The fourth-order valence-electron chi connectivity index (χ4n) is 1.70. The summed E-state index contributed by atoms with van der Waals surface area (Å²) < 4.78 is 29.7. The van der Waals surface area contributed by atoms with E-state index in [-0.39, 0.29) is 0 Å². The second-order valence-corrected chi connectivity index (χ2v) is 5.55. The van der Waals surface area contributed by atoms with E-state index in [4.69, 9.17) is 4.55 Å². The van der Waals surface area contributed by atoms with Crippen LogP contribution >= 0.6 is 0 Å². The Morgan fingerprint density at radius 2 is 1.32 bits per heavy atom. The van der Waals surface area contributed by atoms with Crippen molar-refractivity contribution in [2.24, 2.45) is 0 Å². The minimum absolute atomic E-state index is 0.870. The van der Waals surface area contributed by atoms with Gasteiger partial charge in [0.15, 0.2) is 0 Å². The van der Waals surface area contributed by atoms with Gasteiger partial charge in [-0.2, -0.15) is 8.42 Å². The molecule has 0 unspecified atom stereocenters. The molecule has 0 aliphatic carbocycles. The molecule has 2 aromatic carbocycles. The molecule has 2 heterocycles. The summed E-state index contributed by atoms with van der Waals surface area (Å²) in [6.45, 7) is 0. The topological polar surface area (TPSA) is 144 Å². The summed E-state index contributed by atoms with van der Waals surface area (Å²) in [7, 11) is -3.29. The van der Waals surface area contributed by atoms with Gasteiger partial charge in [0.25, 0.3) is 0 Å². The number of nitrogens with zero attached hydrogens (tertiary/aromatic N) is 5. The van der Waals surface area contributed by atoms with Crippen molar-refractivity contribution in [2.45, 2.75) is 0 Å². The predicted molar refractivity (Wildman–Crippen MR) is 89.8 cm³/mol. The molecule has 0 aliphatic heterocycles. The molecule has 0 fully saturated rings. The van der Waals surface area contributed by atoms with Gasteiger partial charge >= 0.3 is 10.4 Å². The van der Waals surface area contributed by atoms with Gasteiger partial charge in [-0.05, 0) is 34.7 Å². The fraction of sp³-hybridized carbons (Fsp3) is 0.0714. The van der Waals surface area contributed by atoms with Gasteiger partial charge in [-0.15, -0.1) is 5.10 Å². The highest BCUT2D eigenvalue weighted by Crippen LogP contribution is 2.14. The number of tetrazole rings is 1. The Morgan fingerprint density at radius 3 is 1.52 bits per heavy atom. The standard InChI is InChI=1S/C12H8N2.CH2N4.CH4O4S/c1-2-6-10-9(5-1)13-11-7-3-4-8-12(11)14-10;1-2-4-5-3-1;1-5-6(2,3)4/h1-8H;1H,(H,2,3,4,5);1H3,(H,2,3,4). The fourth-order valence-corrected chi connectivity index (χ4v) is 1.70. The third-order valence-corrected chi connectivity index (χ3v) is 3.15. The van der Waals surface area contributed by atoms with E-state index in [0.717, 1.165) is 29.2 Å². The van der Waals surface area contributed by atoms with Gasteiger partial charge in [0.2, 0.25) is 0 Å². The van der Waals surface area contributed by atoms with Crippen LogP contribution in [0.2, 0.25) is 0 Å². The van der Waals surface area contributed by atoms with Crippen LogP contribution in [0, 0.1) is 0 Å². The first-order valence-corrected chi connectivity index (χ1v) is 8.18. The maximum atomic E-state index is 9.33. The lowest BCUT2D eigenvalue weighted by Crippen LogP contribution is -1.96. The largest absolute Gasteiger partial charge is 0.397 e. The number of aromatic amines is 1. The molecule has 0 saturated carbocycles. The highest BCUT2D eigenvalue weighted by atomic mass is 32.3. The van der Waals surface area contributed by atoms with E-state index in [9.17, 15) is 8.42 Å². The minimum atomic E-state index is -4.16. The van der Waals surface area contributed by atoms with Crippen LogP contribution in [0.25, 0.3) is 22.1 Å². The van der Waals surface area contributed by atoms with Crippen molar-refractivity contribution in [3.05, 3.63) is 54.9 Å². The number of hydrogen-bond donors (Lipinski definition) is 2. The second-order valence-electron chi connectivity index (χ2n) is 4.36. The molecular weight excluding hydrogens is 348 g/mol. The number of benzene rings is 2. The molecule has 25 heavy (non-hydrogen) atoms. The number of rotatable bonds is 1. The molecule has 2 aromatic heterocycles. The first-order valence-electron chi connectivity index (χ1n) is 6.81. The monoisotopic (exact) mass is 362 g/mol. The van der Waals surface area contributed by atoms with E-state index >= 15 is 0 Å². The van der Waals surface area contributed by atoms with E-state index in [1.165, 1.54) is 6.33 Å². The van der Waals surface area contributed by atoms with Gasteiger partial charge in [0.05, 0.1) is 29.2 Å². The van der Waals surface area contributed by atoms with Crippen LogP contribution < -0.4 is 0 Å². The van der Waals surface area contributed by atoms with Crippen molar-refractivity contribution < 1.29 is 17.2 Å². The van der Waals surface area contributed by atoms with Gasteiger partial charge in [-0.25, -0.2) is 15.1 Å². The molecule has 4 rings (SSSR count). The van der Waals surface area contributed by atoms with E-state index in [0.29, 0.717) is 0 Å². The van der Waals surface area contributed by atoms with E-state index in [1.807, 2.05) is 48.5 Å². The SMILES string of the molecule is COS(=O)(=O)O.c1ccc2nc3ccccc3nc2c1.c1nnn[nH]1. The average molecular weight is 362 g/mol. The number of aromatic nitrogens is 6. The lowest BCUT2D eigenvalue weighted by molar-refractivity contribution is 0.324. The summed E-state index contributed by atoms with van der Waals surface area (Å²) >= 11 is 0. The first-order chi connectivity index (χ1) is 12.0. The average Bonchev–Trinajstić information content (AvgIpc) is 3.20. The van der Waals surface area contributed by atoms with E-state index in [1.54, 1.807) is 0 Å². The zero-order valence-electron chi connectivity index (χ0n) is 13.0. The Bertz CT molecular complexity index is 902. The highest BCUT2D eigenvalue weighted by Gasteiger charge is 1.98. The maximum Gasteiger partial charge on any atom is 0.397 e.